The van der Waals surface area contributed by atoms with Gasteiger partial charge in [-0.1, -0.05) is 12.1 Å². The first-order chi connectivity index (χ1) is 14.3. The largest absolute Gasteiger partial charge is 0.353 e. The van der Waals surface area contributed by atoms with Gasteiger partial charge in [-0.2, -0.15) is 10.2 Å². The van der Waals surface area contributed by atoms with Crippen molar-refractivity contribution in [2.75, 3.05) is 0 Å². The summed E-state index contributed by atoms with van der Waals surface area (Å²) in [5, 5.41) is 16.8. The van der Waals surface area contributed by atoms with E-state index in [1.807, 2.05) is 29.8 Å². The maximum atomic E-state index is 4.57. The van der Waals surface area contributed by atoms with E-state index in [-0.39, 0.29) is 0 Å². The highest BCUT2D eigenvalue weighted by Crippen LogP contribution is 2.37. The monoisotopic (exact) mass is 396 g/mol. The topological polar surface area (TPSA) is 86.0 Å². The van der Waals surface area contributed by atoms with Crippen molar-refractivity contribution < 1.29 is 0 Å². The number of hydrogen-bond acceptors (Lipinski definition) is 4. The van der Waals surface area contributed by atoms with Crippen molar-refractivity contribution in [3.05, 3.63) is 65.9 Å². The summed E-state index contributed by atoms with van der Waals surface area (Å²) in [6.07, 6.45) is 5.43. The first-order valence-electron chi connectivity index (χ1n) is 9.28. The minimum Gasteiger partial charge on any atom is -0.353 e. The molecule has 0 aliphatic heterocycles. The molecule has 29 heavy (non-hydrogen) atoms. The van der Waals surface area contributed by atoms with Crippen molar-refractivity contribution in [1.29, 1.82) is 0 Å². The van der Waals surface area contributed by atoms with Gasteiger partial charge in [0.2, 0.25) is 0 Å². The number of H-pyrrole nitrogens is 3. The molecule has 1 aromatic carbocycles. The van der Waals surface area contributed by atoms with Crippen LogP contribution in [-0.2, 0) is 0 Å². The fourth-order valence-electron chi connectivity index (χ4n) is 3.75. The van der Waals surface area contributed by atoms with E-state index in [0.29, 0.717) is 0 Å². The predicted molar refractivity (Wildman–Crippen MR) is 117 cm³/mol. The molecule has 0 unspecified atom stereocenters. The average Bonchev–Trinajstić information content (AvgIpc) is 3.51. The zero-order valence-electron chi connectivity index (χ0n) is 15.5. The molecule has 5 heterocycles. The van der Waals surface area contributed by atoms with Crippen LogP contribution < -0.4 is 0 Å². The Bertz CT molecular complexity index is 1470. The van der Waals surface area contributed by atoms with Gasteiger partial charge in [-0.3, -0.25) is 15.2 Å². The lowest BCUT2D eigenvalue weighted by atomic mass is 10.1. The Hall–Kier alpha value is -3.71. The number of aromatic amines is 3. The molecule has 140 valence electrons. The van der Waals surface area contributed by atoms with Gasteiger partial charge >= 0.3 is 0 Å². The summed E-state index contributed by atoms with van der Waals surface area (Å²) >= 11 is 1.81. The summed E-state index contributed by atoms with van der Waals surface area (Å²) in [6.45, 7) is 2.14. The van der Waals surface area contributed by atoms with Crippen LogP contribution in [0.2, 0.25) is 0 Å². The van der Waals surface area contributed by atoms with Crippen LogP contribution >= 0.6 is 11.3 Å². The first kappa shape index (κ1) is 16.3. The number of benzene rings is 1. The van der Waals surface area contributed by atoms with Crippen molar-refractivity contribution in [3.63, 3.8) is 0 Å². The molecule has 0 aliphatic rings. The molecule has 6 aromatic rings. The molecular formula is C22H16N6S. The van der Waals surface area contributed by atoms with Gasteiger partial charge < -0.3 is 4.98 Å². The number of hydrogen-bond donors (Lipinski definition) is 3. The van der Waals surface area contributed by atoms with Gasteiger partial charge in [0.1, 0.15) is 5.69 Å². The van der Waals surface area contributed by atoms with Gasteiger partial charge in [0.25, 0.3) is 0 Å². The van der Waals surface area contributed by atoms with Crippen molar-refractivity contribution in [1.82, 2.24) is 30.4 Å². The molecule has 7 heteroatoms. The van der Waals surface area contributed by atoms with Gasteiger partial charge in [0, 0.05) is 43.4 Å². The Kier molecular flexibility index (Phi) is 3.45. The molecule has 3 N–H and O–H groups in total. The van der Waals surface area contributed by atoms with E-state index >= 15 is 0 Å². The van der Waals surface area contributed by atoms with Crippen LogP contribution in [0.1, 0.15) is 4.88 Å². The van der Waals surface area contributed by atoms with E-state index in [4.69, 9.17) is 0 Å². The van der Waals surface area contributed by atoms with Crippen LogP contribution in [0.4, 0.5) is 0 Å². The lowest BCUT2D eigenvalue weighted by Gasteiger charge is -1.99. The molecule has 0 saturated heterocycles. The molecule has 6 rings (SSSR count). The van der Waals surface area contributed by atoms with Gasteiger partial charge in [0.05, 0.1) is 29.3 Å². The molecular weight excluding hydrogens is 380 g/mol. The molecule has 0 saturated carbocycles. The first-order valence-corrected chi connectivity index (χ1v) is 10.1. The summed E-state index contributed by atoms with van der Waals surface area (Å²) in [4.78, 5) is 10.6. The van der Waals surface area contributed by atoms with E-state index < -0.39 is 0 Å². The summed E-state index contributed by atoms with van der Waals surface area (Å²) in [6, 6.07) is 15.0. The van der Waals surface area contributed by atoms with Crippen LogP contribution in [0.5, 0.6) is 0 Å². The second kappa shape index (κ2) is 6.15. The quantitative estimate of drug-likeness (QED) is 0.367. The molecule has 0 fully saturated rings. The highest BCUT2D eigenvalue weighted by molar-refractivity contribution is 7.15. The number of fused-ring (bicyclic) bond motifs is 2. The highest BCUT2D eigenvalue weighted by atomic mass is 32.1. The molecule has 0 bridgehead atoms. The van der Waals surface area contributed by atoms with Gasteiger partial charge in [0.15, 0.2) is 0 Å². The van der Waals surface area contributed by atoms with Crippen molar-refractivity contribution in [2.24, 2.45) is 0 Å². The molecule has 0 aliphatic carbocycles. The van der Waals surface area contributed by atoms with E-state index in [0.717, 1.165) is 39.1 Å². The Balaban J connectivity index is 1.53. The van der Waals surface area contributed by atoms with Gasteiger partial charge in [-0.25, -0.2) is 0 Å². The third kappa shape index (κ3) is 2.59. The minimum absolute atomic E-state index is 0.861. The number of aryl methyl sites for hydroxylation is 1. The van der Waals surface area contributed by atoms with E-state index in [1.54, 1.807) is 6.20 Å². The van der Waals surface area contributed by atoms with Crippen LogP contribution in [0.15, 0.2) is 61.1 Å². The number of pyridine rings is 1. The fourth-order valence-corrected chi connectivity index (χ4v) is 4.65. The number of rotatable bonds is 3. The summed E-state index contributed by atoms with van der Waals surface area (Å²) < 4.78 is 0. The number of thiophene rings is 1. The van der Waals surface area contributed by atoms with Crippen LogP contribution in [0.3, 0.4) is 0 Å². The van der Waals surface area contributed by atoms with Crippen LogP contribution in [0, 0.1) is 6.92 Å². The van der Waals surface area contributed by atoms with Gasteiger partial charge in [-0.15, -0.1) is 11.3 Å². The summed E-state index contributed by atoms with van der Waals surface area (Å²) in [5.74, 6) is 0. The second-order valence-electron chi connectivity index (χ2n) is 7.03. The third-order valence-corrected chi connectivity index (χ3v) is 6.20. The number of nitrogens with zero attached hydrogens (tertiary/aromatic N) is 3. The molecule has 6 nitrogen and oxygen atoms in total. The normalized spacial score (nSPS) is 11.6. The Morgan fingerprint density at radius 1 is 0.966 bits per heavy atom. The SMILES string of the molecule is Cc1ccc(-c2cccc3[nH]c(-c4n[nH]c5cnc(-c6cn[nH]c6)cc45)cc23)s1. The fraction of sp³-hybridized carbons (Fsp3) is 0.0455. The maximum Gasteiger partial charge on any atom is 0.116 e. The number of nitrogens with one attached hydrogen (secondary N) is 3. The van der Waals surface area contributed by atoms with Crippen molar-refractivity contribution >= 4 is 33.1 Å². The highest BCUT2D eigenvalue weighted by Gasteiger charge is 2.15. The van der Waals surface area contributed by atoms with Crippen molar-refractivity contribution in [2.45, 2.75) is 6.92 Å². The Morgan fingerprint density at radius 2 is 1.93 bits per heavy atom. The molecule has 0 atom stereocenters. The van der Waals surface area contributed by atoms with Crippen molar-refractivity contribution in [3.8, 4) is 33.1 Å². The minimum atomic E-state index is 0.861. The summed E-state index contributed by atoms with van der Waals surface area (Å²) in [7, 11) is 0. The van der Waals surface area contributed by atoms with E-state index in [9.17, 15) is 0 Å². The molecule has 0 amide bonds. The summed E-state index contributed by atoms with van der Waals surface area (Å²) in [5.41, 5.74) is 6.92. The number of aromatic nitrogens is 6. The predicted octanol–water partition coefficient (Wildman–Crippen LogP) is 5.53. The standard InChI is InChI=1S/C22H16N6S/c1-12-5-6-21(29-12)14-3-2-4-17-15(14)7-19(26-17)22-16-8-18(13-9-24-25-10-13)23-11-20(16)27-28-22/h2-11,26H,1H3,(H,24,25)(H,27,28). The Labute approximate surface area is 169 Å². The van der Waals surface area contributed by atoms with Crippen LogP contribution in [-0.4, -0.2) is 30.4 Å². The maximum absolute atomic E-state index is 4.57. The molecule has 5 aromatic heterocycles. The zero-order chi connectivity index (χ0) is 19.4. The van der Waals surface area contributed by atoms with E-state index in [2.05, 4.69) is 73.7 Å². The lowest BCUT2D eigenvalue weighted by Crippen LogP contribution is -1.82. The van der Waals surface area contributed by atoms with Gasteiger partial charge in [-0.05, 0) is 37.3 Å². The van der Waals surface area contributed by atoms with E-state index in [1.165, 1.54) is 20.7 Å². The smallest absolute Gasteiger partial charge is 0.116 e. The average molecular weight is 396 g/mol. The van der Waals surface area contributed by atoms with Crippen LogP contribution in [0.25, 0.3) is 54.9 Å². The lowest BCUT2D eigenvalue weighted by molar-refractivity contribution is 1.09. The Morgan fingerprint density at radius 3 is 2.76 bits per heavy atom. The molecule has 0 radical (unpaired) electrons. The zero-order valence-corrected chi connectivity index (χ0v) is 16.3. The second-order valence-corrected chi connectivity index (χ2v) is 8.32. The third-order valence-electron chi connectivity index (χ3n) is 5.17. The molecule has 0 spiro atoms.